The molecule has 0 amide bonds. The number of hydrogen-bond acceptors (Lipinski definition) is 5. The molecule has 90 valence electrons. The van der Waals surface area contributed by atoms with Crippen molar-refractivity contribution in [1.29, 1.82) is 0 Å². The zero-order chi connectivity index (χ0) is 12.1. The second-order valence-electron chi connectivity index (χ2n) is 3.61. The van der Waals surface area contributed by atoms with E-state index >= 15 is 0 Å². The van der Waals surface area contributed by atoms with Crippen LogP contribution in [0.4, 0.5) is 5.69 Å². The van der Waals surface area contributed by atoms with E-state index in [-0.39, 0.29) is 0 Å². The number of methoxy groups -OCH3 is 1. The molecule has 2 aromatic rings. The fraction of sp³-hybridized carbons (Fsp3) is 0.250. The maximum absolute atomic E-state index is 5.81. The van der Waals surface area contributed by atoms with Crippen LogP contribution in [0.3, 0.4) is 0 Å². The Bertz CT molecular complexity index is 484. The smallest absolute Gasteiger partial charge is 0.213 e. The van der Waals surface area contributed by atoms with E-state index < -0.39 is 0 Å². The molecule has 0 aliphatic rings. The summed E-state index contributed by atoms with van der Waals surface area (Å²) in [5.74, 6) is 0.639. The first-order valence-electron chi connectivity index (χ1n) is 5.31. The number of nitrogens with two attached hydrogens (primary N) is 1. The van der Waals surface area contributed by atoms with Gasteiger partial charge < -0.3 is 15.8 Å². The van der Waals surface area contributed by atoms with Gasteiger partial charge in [0.1, 0.15) is 0 Å². The summed E-state index contributed by atoms with van der Waals surface area (Å²) < 4.78 is 5.07. The second-order valence-corrected chi connectivity index (χ2v) is 4.61. The fourth-order valence-corrected chi connectivity index (χ4v) is 2.26. The van der Waals surface area contributed by atoms with Gasteiger partial charge in [0.2, 0.25) is 5.88 Å². The van der Waals surface area contributed by atoms with Crippen LogP contribution in [-0.2, 0) is 13.1 Å². The summed E-state index contributed by atoms with van der Waals surface area (Å²) in [6, 6.07) is 5.81. The van der Waals surface area contributed by atoms with Gasteiger partial charge in [-0.15, -0.1) is 11.3 Å². The van der Waals surface area contributed by atoms with E-state index in [1.54, 1.807) is 24.6 Å². The van der Waals surface area contributed by atoms with Gasteiger partial charge in [-0.2, -0.15) is 0 Å². The largest absolute Gasteiger partial charge is 0.481 e. The van der Waals surface area contributed by atoms with Gasteiger partial charge in [-0.05, 0) is 23.1 Å². The number of nitrogen functional groups attached to an aromatic ring is 1. The standard InChI is InChI=1S/C12H15N3OS/c1-16-12-6-9(2-4-15-12)7-14-8-11-10(13)3-5-17-11/h2-6,14H,7-8,13H2,1H3. The van der Waals surface area contributed by atoms with Gasteiger partial charge in [-0.3, -0.25) is 0 Å². The van der Waals surface area contributed by atoms with Crippen LogP contribution in [0.15, 0.2) is 29.8 Å². The molecule has 0 bridgehead atoms. The van der Waals surface area contributed by atoms with Crippen molar-refractivity contribution in [2.75, 3.05) is 12.8 Å². The summed E-state index contributed by atoms with van der Waals surface area (Å²) in [6.45, 7) is 1.56. The maximum Gasteiger partial charge on any atom is 0.213 e. The van der Waals surface area contributed by atoms with Gasteiger partial charge in [0, 0.05) is 35.9 Å². The molecule has 4 nitrogen and oxygen atoms in total. The van der Waals surface area contributed by atoms with Crippen molar-refractivity contribution < 1.29 is 4.74 Å². The van der Waals surface area contributed by atoms with Crippen LogP contribution >= 0.6 is 11.3 Å². The highest BCUT2D eigenvalue weighted by molar-refractivity contribution is 7.10. The number of thiophene rings is 1. The lowest BCUT2D eigenvalue weighted by atomic mass is 10.2. The van der Waals surface area contributed by atoms with Crippen LogP contribution in [0.5, 0.6) is 5.88 Å². The Balaban J connectivity index is 1.87. The summed E-state index contributed by atoms with van der Waals surface area (Å²) in [6.07, 6.45) is 1.75. The molecule has 5 heteroatoms. The molecule has 0 saturated carbocycles. The highest BCUT2D eigenvalue weighted by Crippen LogP contribution is 2.18. The highest BCUT2D eigenvalue weighted by atomic mass is 32.1. The Morgan fingerprint density at radius 3 is 3.00 bits per heavy atom. The predicted molar refractivity (Wildman–Crippen MR) is 70.1 cm³/mol. The van der Waals surface area contributed by atoms with Crippen molar-refractivity contribution in [1.82, 2.24) is 10.3 Å². The average molecular weight is 249 g/mol. The molecule has 2 rings (SSSR count). The van der Waals surface area contributed by atoms with Gasteiger partial charge in [-0.1, -0.05) is 0 Å². The summed E-state index contributed by atoms with van der Waals surface area (Å²) in [5.41, 5.74) is 7.81. The number of ether oxygens (including phenoxy) is 1. The highest BCUT2D eigenvalue weighted by Gasteiger charge is 2.01. The Hall–Kier alpha value is -1.59. The van der Waals surface area contributed by atoms with E-state index in [0.29, 0.717) is 5.88 Å². The maximum atomic E-state index is 5.81. The molecule has 0 aromatic carbocycles. The Morgan fingerprint density at radius 1 is 1.41 bits per heavy atom. The van der Waals surface area contributed by atoms with E-state index in [0.717, 1.165) is 24.3 Å². The van der Waals surface area contributed by atoms with Crippen LogP contribution in [0.2, 0.25) is 0 Å². The molecule has 0 radical (unpaired) electrons. The molecule has 2 heterocycles. The van der Waals surface area contributed by atoms with E-state index in [1.165, 1.54) is 4.88 Å². The zero-order valence-electron chi connectivity index (χ0n) is 9.64. The van der Waals surface area contributed by atoms with Crippen molar-refractivity contribution >= 4 is 17.0 Å². The van der Waals surface area contributed by atoms with Crippen molar-refractivity contribution in [3.8, 4) is 5.88 Å². The second kappa shape index (κ2) is 5.65. The van der Waals surface area contributed by atoms with Gasteiger partial charge >= 0.3 is 0 Å². The molecule has 0 aliphatic carbocycles. The summed E-state index contributed by atoms with van der Waals surface area (Å²) in [4.78, 5) is 5.23. The number of aromatic nitrogens is 1. The average Bonchev–Trinajstić information content (AvgIpc) is 2.76. The third kappa shape index (κ3) is 3.18. The molecule has 0 unspecified atom stereocenters. The number of anilines is 1. The lowest BCUT2D eigenvalue weighted by molar-refractivity contribution is 0.397. The quantitative estimate of drug-likeness (QED) is 0.851. The van der Waals surface area contributed by atoms with Crippen molar-refractivity contribution in [2.24, 2.45) is 0 Å². The Kier molecular flexibility index (Phi) is 3.95. The monoisotopic (exact) mass is 249 g/mol. The van der Waals surface area contributed by atoms with Crippen molar-refractivity contribution in [2.45, 2.75) is 13.1 Å². The van der Waals surface area contributed by atoms with Crippen molar-refractivity contribution in [3.63, 3.8) is 0 Å². The Morgan fingerprint density at radius 2 is 2.29 bits per heavy atom. The van der Waals surface area contributed by atoms with E-state index in [4.69, 9.17) is 10.5 Å². The molecule has 0 aliphatic heterocycles. The lowest BCUT2D eigenvalue weighted by Gasteiger charge is -2.05. The van der Waals surface area contributed by atoms with Crippen LogP contribution < -0.4 is 15.8 Å². The van der Waals surface area contributed by atoms with E-state index in [1.807, 2.05) is 23.6 Å². The molecule has 0 saturated heterocycles. The fourth-order valence-electron chi connectivity index (χ4n) is 1.49. The number of hydrogen-bond donors (Lipinski definition) is 2. The molecule has 3 N–H and O–H groups in total. The number of nitrogens with one attached hydrogen (secondary N) is 1. The zero-order valence-corrected chi connectivity index (χ0v) is 10.5. The minimum atomic E-state index is 0.639. The summed E-state index contributed by atoms with van der Waals surface area (Å²) in [5, 5.41) is 5.35. The first-order valence-corrected chi connectivity index (χ1v) is 6.19. The SMILES string of the molecule is COc1cc(CNCc2sccc2N)ccn1. The number of rotatable bonds is 5. The molecule has 17 heavy (non-hydrogen) atoms. The minimum absolute atomic E-state index is 0.639. The number of pyridine rings is 1. The van der Waals surface area contributed by atoms with Crippen LogP contribution in [0.25, 0.3) is 0 Å². The first kappa shape index (κ1) is 11.9. The minimum Gasteiger partial charge on any atom is -0.481 e. The van der Waals surface area contributed by atoms with Crippen LogP contribution in [0.1, 0.15) is 10.4 Å². The molecule has 0 atom stereocenters. The molecule has 0 fully saturated rings. The predicted octanol–water partition coefficient (Wildman–Crippen LogP) is 2.02. The van der Waals surface area contributed by atoms with Crippen LogP contribution in [-0.4, -0.2) is 12.1 Å². The van der Waals surface area contributed by atoms with Crippen LogP contribution in [0, 0.1) is 0 Å². The van der Waals surface area contributed by atoms with Crippen molar-refractivity contribution in [3.05, 3.63) is 40.2 Å². The van der Waals surface area contributed by atoms with Gasteiger partial charge in [0.05, 0.1) is 7.11 Å². The lowest BCUT2D eigenvalue weighted by Crippen LogP contribution is -2.12. The summed E-state index contributed by atoms with van der Waals surface area (Å²) >= 11 is 1.67. The molecule has 0 spiro atoms. The normalized spacial score (nSPS) is 10.4. The Labute approximate surface area is 104 Å². The van der Waals surface area contributed by atoms with Gasteiger partial charge in [0.25, 0.3) is 0 Å². The van der Waals surface area contributed by atoms with Gasteiger partial charge in [-0.25, -0.2) is 4.98 Å². The third-order valence-electron chi connectivity index (χ3n) is 2.40. The number of nitrogens with zero attached hydrogens (tertiary/aromatic N) is 1. The van der Waals surface area contributed by atoms with E-state index in [2.05, 4.69) is 10.3 Å². The molecule has 2 aromatic heterocycles. The van der Waals surface area contributed by atoms with E-state index in [9.17, 15) is 0 Å². The topological polar surface area (TPSA) is 60.2 Å². The first-order chi connectivity index (χ1) is 8.29. The summed E-state index contributed by atoms with van der Waals surface area (Å²) in [7, 11) is 1.62. The van der Waals surface area contributed by atoms with Gasteiger partial charge in [0.15, 0.2) is 0 Å². The molecular formula is C12H15N3OS. The third-order valence-corrected chi connectivity index (χ3v) is 3.34. The molecular weight excluding hydrogens is 234 g/mol.